The SMILES string of the molecule is O=C1CC[C@@H](C(=O)N2CCCC(c3nc(Nc4ccccc4)cc(-c4cccnc4)n3)C2)N1. The van der Waals surface area contributed by atoms with Crippen LogP contribution in [0.4, 0.5) is 11.5 Å². The number of benzene rings is 1. The van der Waals surface area contributed by atoms with Crippen LogP contribution >= 0.6 is 0 Å². The molecule has 8 nitrogen and oxygen atoms in total. The molecule has 1 aromatic carbocycles. The largest absolute Gasteiger partial charge is 0.344 e. The Morgan fingerprint density at radius 1 is 1.09 bits per heavy atom. The number of nitrogens with one attached hydrogen (secondary N) is 2. The zero-order valence-corrected chi connectivity index (χ0v) is 18.3. The highest BCUT2D eigenvalue weighted by atomic mass is 16.2. The van der Waals surface area contributed by atoms with E-state index in [9.17, 15) is 9.59 Å². The third-order valence-electron chi connectivity index (χ3n) is 6.14. The van der Waals surface area contributed by atoms with Crippen molar-refractivity contribution in [1.82, 2.24) is 25.2 Å². The molecule has 33 heavy (non-hydrogen) atoms. The number of hydrogen-bond acceptors (Lipinski definition) is 6. The maximum atomic E-state index is 13.0. The fourth-order valence-corrected chi connectivity index (χ4v) is 4.45. The van der Waals surface area contributed by atoms with Crippen LogP contribution in [0, 0.1) is 0 Å². The number of para-hydroxylation sites is 1. The molecule has 2 N–H and O–H groups in total. The predicted octanol–water partition coefficient (Wildman–Crippen LogP) is 3.27. The number of aromatic nitrogens is 3. The van der Waals surface area contributed by atoms with Gasteiger partial charge in [0.15, 0.2) is 0 Å². The average Bonchev–Trinajstić information content (AvgIpc) is 3.31. The number of hydrogen-bond donors (Lipinski definition) is 2. The normalized spacial score (nSPS) is 20.4. The van der Waals surface area contributed by atoms with Crippen molar-refractivity contribution in [3.63, 3.8) is 0 Å². The molecule has 2 amide bonds. The molecular weight excluding hydrogens is 416 g/mol. The van der Waals surface area contributed by atoms with Gasteiger partial charge in [-0.1, -0.05) is 18.2 Å². The molecule has 2 saturated heterocycles. The lowest BCUT2D eigenvalue weighted by molar-refractivity contribution is -0.135. The lowest BCUT2D eigenvalue weighted by Crippen LogP contribution is -2.48. The van der Waals surface area contributed by atoms with Gasteiger partial charge in [-0.15, -0.1) is 0 Å². The minimum absolute atomic E-state index is 0.00315. The van der Waals surface area contributed by atoms with Crippen LogP contribution in [0.1, 0.15) is 37.4 Å². The van der Waals surface area contributed by atoms with Crippen LogP contribution in [0.2, 0.25) is 0 Å². The van der Waals surface area contributed by atoms with Crippen LogP contribution in [-0.2, 0) is 9.59 Å². The van der Waals surface area contributed by atoms with Gasteiger partial charge in [0.1, 0.15) is 17.7 Å². The van der Waals surface area contributed by atoms with Crippen LogP contribution in [0.25, 0.3) is 11.3 Å². The van der Waals surface area contributed by atoms with Crippen LogP contribution in [0.3, 0.4) is 0 Å². The molecule has 5 rings (SSSR count). The van der Waals surface area contributed by atoms with Gasteiger partial charge in [0.05, 0.1) is 5.69 Å². The number of carbonyl (C=O) groups is 2. The van der Waals surface area contributed by atoms with Gasteiger partial charge >= 0.3 is 0 Å². The molecule has 3 aromatic rings. The van der Waals surface area contributed by atoms with Crippen molar-refractivity contribution in [1.29, 1.82) is 0 Å². The van der Waals surface area contributed by atoms with Crippen LogP contribution in [0.5, 0.6) is 0 Å². The van der Waals surface area contributed by atoms with Crippen molar-refractivity contribution >= 4 is 23.3 Å². The number of carbonyl (C=O) groups excluding carboxylic acids is 2. The lowest BCUT2D eigenvalue weighted by atomic mass is 9.96. The van der Waals surface area contributed by atoms with Gasteiger partial charge in [0.2, 0.25) is 11.8 Å². The smallest absolute Gasteiger partial charge is 0.245 e. The van der Waals surface area contributed by atoms with E-state index in [-0.39, 0.29) is 17.7 Å². The maximum Gasteiger partial charge on any atom is 0.245 e. The average molecular weight is 443 g/mol. The van der Waals surface area contributed by atoms with Crippen molar-refractivity contribution in [2.45, 2.75) is 37.6 Å². The minimum Gasteiger partial charge on any atom is -0.344 e. The number of rotatable bonds is 5. The van der Waals surface area contributed by atoms with Crippen molar-refractivity contribution < 1.29 is 9.59 Å². The summed E-state index contributed by atoms with van der Waals surface area (Å²) in [6.07, 6.45) is 6.29. The van der Waals surface area contributed by atoms with Gasteiger partial charge in [-0.25, -0.2) is 9.97 Å². The highest BCUT2D eigenvalue weighted by Crippen LogP contribution is 2.29. The second-order valence-electron chi connectivity index (χ2n) is 8.51. The number of anilines is 2. The van der Waals surface area contributed by atoms with E-state index in [0.717, 1.165) is 29.8 Å². The van der Waals surface area contributed by atoms with E-state index in [2.05, 4.69) is 15.6 Å². The molecule has 2 fully saturated rings. The maximum absolute atomic E-state index is 13.0. The summed E-state index contributed by atoms with van der Waals surface area (Å²) >= 11 is 0. The zero-order valence-electron chi connectivity index (χ0n) is 18.3. The number of likely N-dealkylation sites (tertiary alicyclic amines) is 1. The second kappa shape index (κ2) is 9.36. The second-order valence-corrected chi connectivity index (χ2v) is 8.51. The van der Waals surface area contributed by atoms with Gasteiger partial charge in [0.25, 0.3) is 0 Å². The molecule has 0 aliphatic carbocycles. The first-order chi connectivity index (χ1) is 16.2. The monoisotopic (exact) mass is 442 g/mol. The summed E-state index contributed by atoms with van der Waals surface area (Å²) in [5, 5.41) is 6.17. The Labute approximate surface area is 192 Å². The van der Waals surface area contributed by atoms with Crippen molar-refractivity contribution in [2.24, 2.45) is 0 Å². The number of nitrogens with zero attached hydrogens (tertiary/aromatic N) is 4. The number of piperidine rings is 1. The van der Waals surface area contributed by atoms with Crippen LogP contribution in [-0.4, -0.2) is 50.8 Å². The van der Waals surface area contributed by atoms with E-state index in [1.54, 1.807) is 12.4 Å². The third kappa shape index (κ3) is 4.84. The summed E-state index contributed by atoms with van der Waals surface area (Å²) in [5.74, 6) is 1.38. The Morgan fingerprint density at radius 2 is 1.97 bits per heavy atom. The van der Waals surface area contributed by atoms with E-state index in [4.69, 9.17) is 9.97 Å². The Balaban J connectivity index is 1.42. The quantitative estimate of drug-likeness (QED) is 0.629. The molecule has 8 heteroatoms. The van der Waals surface area contributed by atoms with Crippen molar-refractivity contribution in [3.8, 4) is 11.3 Å². The molecule has 168 valence electrons. The van der Waals surface area contributed by atoms with Gasteiger partial charge in [-0.05, 0) is 43.5 Å². The predicted molar refractivity (Wildman–Crippen MR) is 125 cm³/mol. The lowest BCUT2D eigenvalue weighted by Gasteiger charge is -2.33. The van der Waals surface area contributed by atoms with E-state index >= 15 is 0 Å². The molecule has 0 saturated carbocycles. The first-order valence-electron chi connectivity index (χ1n) is 11.4. The van der Waals surface area contributed by atoms with E-state index < -0.39 is 6.04 Å². The van der Waals surface area contributed by atoms with E-state index in [1.807, 2.05) is 53.4 Å². The Hall–Kier alpha value is -3.81. The molecule has 2 aliphatic heterocycles. The van der Waals surface area contributed by atoms with Crippen molar-refractivity contribution in [3.05, 3.63) is 66.7 Å². The topological polar surface area (TPSA) is 100 Å². The van der Waals surface area contributed by atoms with Gasteiger partial charge in [-0.3, -0.25) is 14.6 Å². The summed E-state index contributed by atoms with van der Waals surface area (Å²) in [6.45, 7) is 1.24. The fourth-order valence-electron chi connectivity index (χ4n) is 4.45. The minimum atomic E-state index is -0.408. The molecule has 0 spiro atoms. The Morgan fingerprint density at radius 3 is 2.73 bits per heavy atom. The van der Waals surface area contributed by atoms with Crippen molar-refractivity contribution in [2.75, 3.05) is 18.4 Å². The molecule has 2 atom stereocenters. The molecule has 1 unspecified atom stereocenters. The van der Waals surface area contributed by atoms with E-state index in [1.165, 1.54) is 0 Å². The Kier molecular flexibility index (Phi) is 5.97. The number of amides is 2. The van der Waals surface area contributed by atoms with Gasteiger partial charge < -0.3 is 15.5 Å². The van der Waals surface area contributed by atoms with E-state index in [0.29, 0.717) is 37.6 Å². The highest BCUT2D eigenvalue weighted by Gasteiger charge is 2.34. The fraction of sp³-hybridized carbons (Fsp3) is 0.320. The molecule has 2 aromatic heterocycles. The molecular formula is C25H26N6O2. The number of pyridine rings is 1. The third-order valence-corrected chi connectivity index (χ3v) is 6.14. The Bertz CT molecular complexity index is 1140. The summed E-state index contributed by atoms with van der Waals surface area (Å²) in [7, 11) is 0. The van der Waals surface area contributed by atoms with Gasteiger partial charge in [0, 0.05) is 55.1 Å². The summed E-state index contributed by atoms with van der Waals surface area (Å²) in [6, 6.07) is 15.3. The first-order valence-corrected chi connectivity index (χ1v) is 11.4. The molecule has 2 aliphatic rings. The standard InChI is InChI=1S/C25H26N6O2/c32-23-11-10-20(28-23)25(33)31-13-5-7-18(16-31)24-29-21(17-6-4-12-26-15-17)14-22(30-24)27-19-8-2-1-3-9-19/h1-4,6,8-9,12,14-15,18,20H,5,7,10-11,13,16H2,(H,28,32)(H,27,29,30)/t18?,20-/m0/s1. The summed E-state index contributed by atoms with van der Waals surface area (Å²) in [5.41, 5.74) is 2.64. The summed E-state index contributed by atoms with van der Waals surface area (Å²) in [4.78, 5) is 40.3. The molecule has 0 bridgehead atoms. The zero-order chi connectivity index (χ0) is 22.6. The van der Waals surface area contributed by atoms with Crippen LogP contribution < -0.4 is 10.6 Å². The molecule has 0 radical (unpaired) electrons. The summed E-state index contributed by atoms with van der Waals surface area (Å²) < 4.78 is 0. The highest BCUT2D eigenvalue weighted by molar-refractivity contribution is 5.90. The van der Waals surface area contributed by atoms with Gasteiger partial charge in [-0.2, -0.15) is 0 Å². The van der Waals surface area contributed by atoms with Crippen LogP contribution in [0.15, 0.2) is 60.9 Å². The molecule has 4 heterocycles. The first kappa shape index (κ1) is 21.1.